The zero-order chi connectivity index (χ0) is 20.9. The highest BCUT2D eigenvalue weighted by Crippen LogP contribution is 2.29. The Morgan fingerprint density at radius 2 is 2.11 bits per heavy atom. The molecule has 156 valence electrons. The second kappa shape index (κ2) is 9.75. The first kappa shape index (κ1) is 22.7. The number of ether oxygens (including phenoxy) is 2. The fraction of sp³-hybridized carbons (Fsp3) is 0.500. The number of esters is 1. The molecule has 0 unspecified atom stereocenters. The van der Waals surface area contributed by atoms with Crippen LogP contribution in [0.1, 0.15) is 13.3 Å². The van der Waals surface area contributed by atoms with E-state index in [1.165, 1.54) is 36.9 Å². The van der Waals surface area contributed by atoms with Crippen LogP contribution in [0.25, 0.3) is 0 Å². The highest BCUT2D eigenvalue weighted by Gasteiger charge is 2.29. The molecule has 1 heterocycles. The van der Waals surface area contributed by atoms with Crippen LogP contribution in [0.3, 0.4) is 0 Å². The Hall–Kier alpha value is -1.59. The van der Waals surface area contributed by atoms with Gasteiger partial charge in [0.1, 0.15) is 5.75 Å². The van der Waals surface area contributed by atoms with Gasteiger partial charge in [-0.3, -0.25) is 9.59 Å². The summed E-state index contributed by atoms with van der Waals surface area (Å²) in [6.07, 6.45) is -0.626. The fourth-order valence-electron chi connectivity index (χ4n) is 2.38. The fourth-order valence-corrected chi connectivity index (χ4v) is 6.03. The Morgan fingerprint density at radius 3 is 2.68 bits per heavy atom. The minimum atomic E-state index is -3.03. The first-order valence-corrected chi connectivity index (χ1v) is 11.4. The summed E-state index contributed by atoms with van der Waals surface area (Å²) in [6.45, 7) is -1.66. The Balaban J connectivity index is 1.80. The van der Waals surface area contributed by atoms with E-state index in [-0.39, 0.29) is 39.0 Å². The van der Waals surface area contributed by atoms with Gasteiger partial charge in [-0.15, -0.1) is 11.8 Å². The number of rotatable bonds is 8. The number of anilines is 1. The zero-order valence-electron chi connectivity index (χ0n) is 14.7. The number of carbonyl (C=O) groups is 2. The van der Waals surface area contributed by atoms with Gasteiger partial charge in [0.2, 0.25) is 0 Å². The quantitative estimate of drug-likeness (QED) is 0.599. The third kappa shape index (κ3) is 7.10. The van der Waals surface area contributed by atoms with Crippen molar-refractivity contribution < 1.29 is 36.3 Å². The summed E-state index contributed by atoms with van der Waals surface area (Å²) in [4.78, 5) is 23.9. The van der Waals surface area contributed by atoms with E-state index in [0.29, 0.717) is 6.42 Å². The third-order valence-electron chi connectivity index (χ3n) is 3.72. The average molecular weight is 458 g/mol. The lowest BCUT2D eigenvalue weighted by Crippen LogP contribution is -2.30. The minimum Gasteiger partial charge on any atom is -0.452 e. The Bertz CT molecular complexity index is 836. The number of hydrogen-bond donors (Lipinski definition) is 1. The maximum absolute atomic E-state index is 12.2. The third-order valence-corrected chi connectivity index (χ3v) is 7.27. The van der Waals surface area contributed by atoms with Crippen LogP contribution >= 0.6 is 23.4 Å². The first-order chi connectivity index (χ1) is 13.1. The molecule has 0 spiro atoms. The highest BCUT2D eigenvalue weighted by atomic mass is 35.5. The zero-order valence-corrected chi connectivity index (χ0v) is 17.1. The van der Waals surface area contributed by atoms with Crippen LogP contribution in [-0.2, 0) is 24.2 Å². The molecule has 1 aromatic carbocycles. The van der Waals surface area contributed by atoms with Crippen LogP contribution in [0.15, 0.2) is 18.2 Å². The monoisotopic (exact) mass is 457 g/mol. The molecular formula is C16H18ClF2NO6S2. The van der Waals surface area contributed by atoms with Crippen LogP contribution in [0, 0.1) is 0 Å². The molecule has 0 saturated carbocycles. The molecule has 1 aliphatic heterocycles. The summed E-state index contributed by atoms with van der Waals surface area (Å²) in [7, 11) is -3.03. The smallest absolute Gasteiger partial charge is 0.387 e. The van der Waals surface area contributed by atoms with Crippen molar-refractivity contribution in [2.24, 2.45) is 0 Å². The lowest BCUT2D eigenvalue weighted by molar-refractivity contribution is -0.150. The van der Waals surface area contributed by atoms with Crippen LogP contribution in [0.4, 0.5) is 14.5 Å². The van der Waals surface area contributed by atoms with Gasteiger partial charge >= 0.3 is 12.6 Å². The van der Waals surface area contributed by atoms with Gasteiger partial charge in [-0.05, 0) is 31.5 Å². The van der Waals surface area contributed by atoms with Crippen LogP contribution in [0.2, 0.25) is 5.02 Å². The second-order valence-corrected chi connectivity index (χ2v) is 9.91. The van der Waals surface area contributed by atoms with Gasteiger partial charge in [-0.2, -0.15) is 8.78 Å². The Morgan fingerprint density at radius 1 is 1.39 bits per heavy atom. The standard InChI is InChI=1S/C16H18ClF2NO6S2/c1-9(25-14(21)7-27-11-4-5-28(23,24)8-11)15(22)20-10-2-3-13(12(17)6-10)26-16(18)19/h2-3,6,9,11,16H,4-5,7-8H2,1H3,(H,20,22)/t9-,11-/m0/s1. The van der Waals surface area contributed by atoms with Crippen LogP contribution in [-0.4, -0.2) is 55.5 Å². The number of halogens is 3. The van der Waals surface area contributed by atoms with E-state index >= 15 is 0 Å². The predicted molar refractivity (Wildman–Crippen MR) is 102 cm³/mol. The van der Waals surface area contributed by atoms with E-state index in [2.05, 4.69) is 10.1 Å². The largest absolute Gasteiger partial charge is 0.452 e. The number of benzene rings is 1. The molecule has 1 amide bonds. The van der Waals surface area contributed by atoms with E-state index in [1.54, 1.807) is 0 Å². The lowest BCUT2D eigenvalue weighted by Gasteiger charge is -2.15. The molecule has 28 heavy (non-hydrogen) atoms. The molecule has 0 radical (unpaired) electrons. The topological polar surface area (TPSA) is 98.8 Å². The lowest BCUT2D eigenvalue weighted by atomic mass is 10.3. The SMILES string of the molecule is C[C@H](OC(=O)CS[C@H]1CCS(=O)(=O)C1)C(=O)Nc1ccc(OC(F)F)c(Cl)c1. The molecule has 7 nitrogen and oxygen atoms in total. The van der Waals surface area contributed by atoms with Gasteiger partial charge in [-0.1, -0.05) is 11.6 Å². The molecule has 1 fully saturated rings. The predicted octanol–water partition coefficient (Wildman–Crippen LogP) is 2.73. The number of amides is 1. The van der Waals surface area contributed by atoms with Crippen molar-refractivity contribution in [1.82, 2.24) is 0 Å². The summed E-state index contributed by atoms with van der Waals surface area (Å²) in [5.74, 6) is -1.44. The van der Waals surface area contributed by atoms with Crippen molar-refractivity contribution in [3.63, 3.8) is 0 Å². The van der Waals surface area contributed by atoms with Gasteiger partial charge in [0.25, 0.3) is 5.91 Å². The molecule has 1 N–H and O–H groups in total. The molecular weight excluding hydrogens is 440 g/mol. The summed E-state index contributed by atoms with van der Waals surface area (Å²) >= 11 is 6.99. The Labute approximate surface area is 170 Å². The highest BCUT2D eigenvalue weighted by molar-refractivity contribution is 8.02. The molecule has 0 aromatic heterocycles. The molecule has 1 aromatic rings. The van der Waals surface area contributed by atoms with E-state index in [0.717, 1.165) is 0 Å². The van der Waals surface area contributed by atoms with Crippen molar-refractivity contribution in [3.8, 4) is 5.75 Å². The molecule has 0 bridgehead atoms. The summed E-state index contributed by atoms with van der Waals surface area (Å²) < 4.78 is 56.4. The molecule has 2 rings (SSSR count). The van der Waals surface area contributed by atoms with Crippen molar-refractivity contribution in [1.29, 1.82) is 0 Å². The van der Waals surface area contributed by atoms with Crippen molar-refractivity contribution >= 4 is 50.8 Å². The number of nitrogens with one attached hydrogen (secondary N) is 1. The van der Waals surface area contributed by atoms with Gasteiger partial charge in [0.05, 0.1) is 22.3 Å². The van der Waals surface area contributed by atoms with Crippen LogP contribution < -0.4 is 10.1 Å². The van der Waals surface area contributed by atoms with E-state index < -0.39 is 34.4 Å². The van der Waals surface area contributed by atoms with Gasteiger partial charge in [-0.25, -0.2) is 8.42 Å². The molecule has 12 heteroatoms. The Kier molecular flexibility index (Phi) is 7.90. The second-order valence-electron chi connectivity index (χ2n) is 5.98. The molecule has 1 aliphatic rings. The number of thioether (sulfide) groups is 1. The van der Waals surface area contributed by atoms with Gasteiger partial charge in [0.15, 0.2) is 15.9 Å². The van der Waals surface area contributed by atoms with Crippen molar-refractivity contribution in [3.05, 3.63) is 23.2 Å². The van der Waals surface area contributed by atoms with E-state index in [4.69, 9.17) is 16.3 Å². The van der Waals surface area contributed by atoms with Crippen molar-refractivity contribution in [2.45, 2.75) is 31.3 Å². The minimum absolute atomic E-state index is 0.0347. The van der Waals surface area contributed by atoms with Crippen LogP contribution in [0.5, 0.6) is 5.75 Å². The maximum Gasteiger partial charge on any atom is 0.387 e. The number of sulfone groups is 1. The molecule has 0 aliphatic carbocycles. The normalized spacial score (nSPS) is 19.2. The first-order valence-electron chi connectivity index (χ1n) is 8.12. The summed E-state index contributed by atoms with van der Waals surface area (Å²) in [5.41, 5.74) is 0.213. The summed E-state index contributed by atoms with van der Waals surface area (Å²) in [6, 6.07) is 3.71. The van der Waals surface area contributed by atoms with Gasteiger partial charge in [0, 0.05) is 10.9 Å². The van der Waals surface area contributed by atoms with Crippen molar-refractivity contribution in [2.75, 3.05) is 22.6 Å². The molecule has 2 atom stereocenters. The van der Waals surface area contributed by atoms with E-state index in [1.807, 2.05) is 0 Å². The number of alkyl halides is 2. The average Bonchev–Trinajstić information content (AvgIpc) is 2.94. The van der Waals surface area contributed by atoms with Gasteiger partial charge < -0.3 is 14.8 Å². The summed E-state index contributed by atoms with van der Waals surface area (Å²) in [5, 5.41) is 2.17. The maximum atomic E-state index is 12.2. The number of carbonyl (C=O) groups excluding carboxylic acids is 2. The number of hydrogen-bond acceptors (Lipinski definition) is 7. The molecule has 1 saturated heterocycles. The van der Waals surface area contributed by atoms with E-state index in [9.17, 15) is 26.8 Å².